The second kappa shape index (κ2) is 6.54. The van der Waals surface area contributed by atoms with E-state index in [0.717, 1.165) is 36.6 Å². The van der Waals surface area contributed by atoms with E-state index in [0.29, 0.717) is 10.8 Å². The molecule has 6 heteroatoms. The molecule has 22 heavy (non-hydrogen) atoms. The van der Waals surface area contributed by atoms with Crippen molar-refractivity contribution in [1.29, 1.82) is 0 Å². The van der Waals surface area contributed by atoms with Gasteiger partial charge in [0.25, 0.3) is 5.91 Å². The van der Waals surface area contributed by atoms with E-state index < -0.39 is 0 Å². The maximum Gasteiger partial charge on any atom is 0.265 e. The van der Waals surface area contributed by atoms with Gasteiger partial charge in [-0.1, -0.05) is 6.07 Å². The molecule has 0 spiro atoms. The van der Waals surface area contributed by atoms with Crippen LogP contribution in [0.1, 0.15) is 29.4 Å². The second-order valence-electron chi connectivity index (χ2n) is 5.76. The van der Waals surface area contributed by atoms with E-state index in [1.54, 1.807) is 12.4 Å². The Labute approximate surface area is 134 Å². The van der Waals surface area contributed by atoms with Crippen LogP contribution in [0.25, 0.3) is 10.7 Å². The van der Waals surface area contributed by atoms with Crippen molar-refractivity contribution in [1.82, 2.24) is 14.9 Å². The maximum atomic E-state index is 12.6. The van der Waals surface area contributed by atoms with Gasteiger partial charge in [0.15, 0.2) is 0 Å². The Bertz CT molecular complexity index is 641. The predicted molar refractivity (Wildman–Crippen MR) is 87.6 cm³/mol. The van der Waals surface area contributed by atoms with Gasteiger partial charge in [-0.25, -0.2) is 4.98 Å². The lowest BCUT2D eigenvalue weighted by atomic mass is 9.92. The van der Waals surface area contributed by atoms with Crippen molar-refractivity contribution in [2.45, 2.75) is 25.8 Å². The second-order valence-corrected chi connectivity index (χ2v) is 6.79. The molecular weight excluding hydrogens is 296 g/mol. The highest BCUT2D eigenvalue weighted by molar-refractivity contribution is 7.16. The van der Waals surface area contributed by atoms with Crippen LogP contribution >= 0.6 is 11.3 Å². The molecule has 3 rings (SSSR count). The average molecular weight is 316 g/mol. The number of piperidine rings is 1. The smallest absolute Gasteiger partial charge is 0.265 e. The minimum atomic E-state index is 0.0602. The number of nitrogens with two attached hydrogens (primary N) is 1. The molecule has 1 saturated heterocycles. The Kier molecular flexibility index (Phi) is 4.49. The van der Waals surface area contributed by atoms with Gasteiger partial charge in [0.1, 0.15) is 9.88 Å². The first-order valence-corrected chi connectivity index (χ1v) is 8.39. The van der Waals surface area contributed by atoms with Crippen LogP contribution in [0.3, 0.4) is 0 Å². The van der Waals surface area contributed by atoms with Gasteiger partial charge in [0.05, 0.1) is 11.9 Å². The Morgan fingerprint density at radius 1 is 1.45 bits per heavy atom. The van der Waals surface area contributed by atoms with Crippen molar-refractivity contribution in [2.75, 3.05) is 13.1 Å². The van der Waals surface area contributed by atoms with Crippen LogP contribution in [0.4, 0.5) is 0 Å². The SMILES string of the molecule is CC(N)C1CCCN(C(=O)c2cnc(-c3ccccn3)s2)C1. The molecule has 0 radical (unpaired) electrons. The van der Waals surface area contributed by atoms with Crippen LogP contribution in [0.15, 0.2) is 30.6 Å². The third-order valence-corrected chi connectivity index (χ3v) is 5.10. The quantitative estimate of drug-likeness (QED) is 0.944. The summed E-state index contributed by atoms with van der Waals surface area (Å²) in [5.41, 5.74) is 6.80. The van der Waals surface area contributed by atoms with Crippen molar-refractivity contribution in [2.24, 2.45) is 11.7 Å². The summed E-state index contributed by atoms with van der Waals surface area (Å²) in [5, 5.41) is 0.782. The first-order valence-electron chi connectivity index (χ1n) is 7.57. The van der Waals surface area contributed by atoms with Crippen molar-refractivity contribution in [3.05, 3.63) is 35.5 Å². The summed E-state index contributed by atoms with van der Waals surface area (Å²) < 4.78 is 0. The molecule has 2 atom stereocenters. The van der Waals surface area contributed by atoms with Crippen molar-refractivity contribution in [3.8, 4) is 10.7 Å². The van der Waals surface area contributed by atoms with Gasteiger partial charge in [-0.15, -0.1) is 11.3 Å². The zero-order valence-electron chi connectivity index (χ0n) is 12.6. The molecule has 1 fully saturated rings. The Morgan fingerprint density at radius 3 is 3.05 bits per heavy atom. The van der Waals surface area contributed by atoms with Gasteiger partial charge < -0.3 is 10.6 Å². The summed E-state index contributed by atoms with van der Waals surface area (Å²) in [6, 6.07) is 5.81. The lowest BCUT2D eigenvalue weighted by molar-refractivity contribution is 0.0665. The fourth-order valence-electron chi connectivity index (χ4n) is 2.76. The van der Waals surface area contributed by atoms with Crippen molar-refractivity contribution >= 4 is 17.2 Å². The molecule has 2 unspecified atom stereocenters. The van der Waals surface area contributed by atoms with E-state index in [1.165, 1.54) is 11.3 Å². The molecule has 5 nitrogen and oxygen atoms in total. The molecular formula is C16H20N4OS. The monoisotopic (exact) mass is 316 g/mol. The van der Waals surface area contributed by atoms with E-state index in [9.17, 15) is 4.79 Å². The topological polar surface area (TPSA) is 72.1 Å². The van der Waals surface area contributed by atoms with Gasteiger partial charge in [-0.3, -0.25) is 9.78 Å². The number of aromatic nitrogens is 2. The molecule has 2 N–H and O–H groups in total. The van der Waals surface area contributed by atoms with Crippen LogP contribution in [0, 0.1) is 5.92 Å². The lowest BCUT2D eigenvalue weighted by Crippen LogP contribution is -2.44. The van der Waals surface area contributed by atoms with Gasteiger partial charge in [-0.2, -0.15) is 0 Å². The number of thiazole rings is 1. The van der Waals surface area contributed by atoms with Crippen molar-refractivity contribution < 1.29 is 4.79 Å². The largest absolute Gasteiger partial charge is 0.338 e. The number of carbonyl (C=O) groups excluding carboxylic acids is 1. The Balaban J connectivity index is 1.74. The third-order valence-electron chi connectivity index (χ3n) is 4.09. The Morgan fingerprint density at radius 2 is 2.32 bits per heavy atom. The normalized spacial score (nSPS) is 19.9. The summed E-state index contributed by atoms with van der Waals surface area (Å²) in [6.07, 6.45) is 5.51. The summed E-state index contributed by atoms with van der Waals surface area (Å²) >= 11 is 1.40. The van der Waals surface area contributed by atoms with Crippen molar-refractivity contribution in [3.63, 3.8) is 0 Å². The first kappa shape index (κ1) is 15.1. The first-order chi connectivity index (χ1) is 10.6. The number of rotatable bonds is 3. The fourth-order valence-corrected chi connectivity index (χ4v) is 3.62. The number of nitrogens with zero attached hydrogens (tertiary/aromatic N) is 3. The molecule has 0 aromatic carbocycles. The standard InChI is InChI=1S/C16H20N4OS/c1-11(17)12-5-4-8-20(10-12)16(21)14-9-19-15(22-14)13-6-2-3-7-18-13/h2-3,6-7,9,11-12H,4-5,8,10,17H2,1H3. The highest BCUT2D eigenvalue weighted by Crippen LogP contribution is 2.26. The number of carbonyl (C=O) groups is 1. The molecule has 3 heterocycles. The van der Waals surface area contributed by atoms with E-state index in [1.807, 2.05) is 30.0 Å². The molecule has 1 aliphatic rings. The minimum absolute atomic E-state index is 0.0602. The van der Waals surface area contributed by atoms with Gasteiger partial charge in [0, 0.05) is 25.3 Å². The van der Waals surface area contributed by atoms with Crippen LogP contribution in [-0.2, 0) is 0 Å². The summed E-state index contributed by atoms with van der Waals surface area (Å²) in [4.78, 5) is 23.8. The lowest BCUT2D eigenvalue weighted by Gasteiger charge is -2.34. The van der Waals surface area contributed by atoms with Crippen LogP contribution < -0.4 is 5.73 Å². The number of pyridine rings is 1. The minimum Gasteiger partial charge on any atom is -0.338 e. The zero-order chi connectivity index (χ0) is 15.5. The molecule has 1 aliphatic heterocycles. The van der Waals surface area contributed by atoms with E-state index >= 15 is 0 Å². The number of hydrogen-bond donors (Lipinski definition) is 1. The molecule has 1 amide bonds. The fraction of sp³-hybridized carbons (Fsp3) is 0.438. The Hall–Kier alpha value is -1.79. The number of likely N-dealkylation sites (tertiary alicyclic amines) is 1. The average Bonchev–Trinajstić information content (AvgIpc) is 3.05. The van der Waals surface area contributed by atoms with Gasteiger partial charge in [0.2, 0.25) is 0 Å². The van der Waals surface area contributed by atoms with E-state index in [2.05, 4.69) is 9.97 Å². The third kappa shape index (κ3) is 3.18. The number of amides is 1. The van der Waals surface area contributed by atoms with Crippen LogP contribution in [0.5, 0.6) is 0 Å². The maximum absolute atomic E-state index is 12.6. The molecule has 0 saturated carbocycles. The zero-order valence-corrected chi connectivity index (χ0v) is 13.4. The van der Waals surface area contributed by atoms with E-state index in [-0.39, 0.29) is 11.9 Å². The predicted octanol–water partition coefficient (Wildman–Crippen LogP) is 2.40. The summed E-state index contributed by atoms with van der Waals surface area (Å²) in [6.45, 7) is 3.57. The molecule has 0 bridgehead atoms. The highest BCUT2D eigenvalue weighted by Gasteiger charge is 2.27. The van der Waals surface area contributed by atoms with Crippen LogP contribution in [0.2, 0.25) is 0 Å². The number of hydrogen-bond acceptors (Lipinski definition) is 5. The van der Waals surface area contributed by atoms with E-state index in [4.69, 9.17) is 5.73 Å². The molecule has 2 aromatic rings. The van der Waals surface area contributed by atoms with Crippen LogP contribution in [-0.4, -0.2) is 39.9 Å². The van der Waals surface area contributed by atoms with Gasteiger partial charge in [-0.05, 0) is 37.8 Å². The molecule has 116 valence electrons. The molecule has 2 aromatic heterocycles. The van der Waals surface area contributed by atoms with Gasteiger partial charge >= 0.3 is 0 Å². The highest BCUT2D eigenvalue weighted by atomic mass is 32.1. The summed E-state index contributed by atoms with van der Waals surface area (Å²) in [5.74, 6) is 0.450. The summed E-state index contributed by atoms with van der Waals surface area (Å²) in [7, 11) is 0. The molecule has 0 aliphatic carbocycles.